The molecule has 1 aromatic heterocycles. The normalized spacial score (nSPS) is 11.6. The van der Waals surface area contributed by atoms with E-state index in [1.165, 1.54) is 54.6 Å². The molecule has 0 spiro atoms. The molecule has 10 aromatic carbocycles. The van der Waals surface area contributed by atoms with Crippen LogP contribution in [0.15, 0.2) is 217 Å². The van der Waals surface area contributed by atoms with Crippen molar-refractivity contribution in [2.24, 2.45) is 0 Å². The van der Waals surface area contributed by atoms with E-state index in [1.807, 2.05) is 0 Å². The molecule has 0 saturated carbocycles. The summed E-state index contributed by atoms with van der Waals surface area (Å²) in [6.45, 7) is 0. The average molecular weight is 714 g/mol. The molecule has 0 unspecified atom stereocenters. The summed E-state index contributed by atoms with van der Waals surface area (Å²) >= 11 is 0. The third-order valence-electron chi connectivity index (χ3n) is 11.2. The largest absolute Gasteiger partial charge is 0.456 e. The fraction of sp³-hybridized carbons (Fsp3) is 0. The van der Waals surface area contributed by atoms with Gasteiger partial charge in [-0.25, -0.2) is 0 Å². The highest BCUT2D eigenvalue weighted by atomic mass is 16.3. The average Bonchev–Trinajstić information content (AvgIpc) is 3.65. The second kappa shape index (κ2) is 13.2. The van der Waals surface area contributed by atoms with E-state index in [4.69, 9.17) is 4.42 Å². The zero-order valence-corrected chi connectivity index (χ0v) is 30.6. The fourth-order valence-electron chi connectivity index (χ4n) is 8.51. The lowest BCUT2D eigenvalue weighted by molar-refractivity contribution is 0.669. The maximum atomic E-state index is 6.34. The van der Waals surface area contributed by atoms with E-state index in [1.54, 1.807) is 0 Å². The molecular weight excluding hydrogens is 679 g/mol. The summed E-state index contributed by atoms with van der Waals surface area (Å²) in [6.07, 6.45) is 0. The number of rotatable bonds is 6. The van der Waals surface area contributed by atoms with Gasteiger partial charge in [0.2, 0.25) is 0 Å². The number of hydrogen-bond donors (Lipinski definition) is 0. The molecule has 0 amide bonds. The Hall–Kier alpha value is -7.42. The Bertz CT molecular complexity index is 3200. The van der Waals surface area contributed by atoms with Crippen LogP contribution in [0.3, 0.4) is 0 Å². The van der Waals surface area contributed by atoms with Crippen molar-refractivity contribution in [2.75, 3.05) is 4.90 Å². The monoisotopic (exact) mass is 713 g/mol. The Balaban J connectivity index is 1.07. The quantitative estimate of drug-likeness (QED) is 0.160. The maximum Gasteiger partial charge on any atom is 0.135 e. The molecular formula is C54H35NO. The maximum absolute atomic E-state index is 6.34. The van der Waals surface area contributed by atoms with Gasteiger partial charge in [0.1, 0.15) is 11.2 Å². The minimum Gasteiger partial charge on any atom is -0.456 e. The van der Waals surface area contributed by atoms with E-state index < -0.39 is 0 Å². The molecule has 2 nitrogen and oxygen atoms in total. The van der Waals surface area contributed by atoms with E-state index in [2.05, 4.69) is 217 Å². The van der Waals surface area contributed by atoms with E-state index in [-0.39, 0.29) is 0 Å². The van der Waals surface area contributed by atoms with E-state index in [0.717, 1.165) is 50.1 Å². The molecule has 56 heavy (non-hydrogen) atoms. The van der Waals surface area contributed by atoms with Crippen molar-refractivity contribution in [2.45, 2.75) is 0 Å². The van der Waals surface area contributed by atoms with E-state index in [0.29, 0.717) is 0 Å². The second-order valence-corrected chi connectivity index (χ2v) is 14.5. The van der Waals surface area contributed by atoms with Gasteiger partial charge >= 0.3 is 0 Å². The smallest absolute Gasteiger partial charge is 0.135 e. The zero-order chi connectivity index (χ0) is 37.0. The number of furan rings is 1. The van der Waals surface area contributed by atoms with Crippen molar-refractivity contribution in [1.82, 2.24) is 0 Å². The predicted molar refractivity (Wildman–Crippen MR) is 237 cm³/mol. The summed E-state index contributed by atoms with van der Waals surface area (Å²) in [7, 11) is 0. The van der Waals surface area contributed by atoms with Gasteiger partial charge in [-0.2, -0.15) is 0 Å². The molecule has 0 aliphatic rings. The summed E-state index contributed by atoms with van der Waals surface area (Å²) in [5.74, 6) is 0. The van der Waals surface area contributed by atoms with Gasteiger partial charge in [0.05, 0.1) is 0 Å². The molecule has 11 rings (SSSR count). The van der Waals surface area contributed by atoms with Crippen LogP contribution < -0.4 is 4.90 Å². The Labute approximate surface area is 325 Å². The van der Waals surface area contributed by atoms with Crippen LogP contribution in [0.4, 0.5) is 17.1 Å². The van der Waals surface area contributed by atoms with Gasteiger partial charge in [-0.3, -0.25) is 0 Å². The Morgan fingerprint density at radius 2 is 0.643 bits per heavy atom. The lowest BCUT2D eigenvalue weighted by Gasteiger charge is -2.27. The minimum absolute atomic E-state index is 0.890. The van der Waals surface area contributed by atoms with Crippen molar-refractivity contribution < 1.29 is 4.42 Å². The first kappa shape index (κ1) is 32.0. The van der Waals surface area contributed by atoms with Crippen molar-refractivity contribution in [3.05, 3.63) is 212 Å². The van der Waals surface area contributed by atoms with Crippen LogP contribution in [0.5, 0.6) is 0 Å². The second-order valence-electron chi connectivity index (χ2n) is 14.5. The third-order valence-corrected chi connectivity index (χ3v) is 11.2. The fourth-order valence-corrected chi connectivity index (χ4v) is 8.51. The lowest BCUT2D eigenvalue weighted by Crippen LogP contribution is -2.10. The van der Waals surface area contributed by atoms with Gasteiger partial charge in [-0.15, -0.1) is 0 Å². The van der Waals surface area contributed by atoms with Gasteiger partial charge in [0.25, 0.3) is 0 Å². The summed E-state index contributed by atoms with van der Waals surface area (Å²) < 4.78 is 6.34. The van der Waals surface area contributed by atoms with Crippen molar-refractivity contribution in [1.29, 1.82) is 0 Å². The molecule has 2 heteroatoms. The standard InChI is InChI=1S/C54H35NO/c1-3-12-36(13-4-1)38-22-26-42(27-23-38)55(44-28-29-49-47-20-8-7-18-45(47)46-19-9-10-21-48(46)50(49)35-44)43-17-11-16-39(32-43)41-25-31-54-52(34-41)51-33-40(24-30-53(51)56-54)37-14-5-2-6-15-37/h1-35H. The Morgan fingerprint density at radius 1 is 0.232 bits per heavy atom. The molecule has 11 aromatic rings. The van der Waals surface area contributed by atoms with E-state index in [9.17, 15) is 0 Å². The molecule has 0 radical (unpaired) electrons. The molecule has 1 heterocycles. The van der Waals surface area contributed by atoms with Crippen LogP contribution in [0.1, 0.15) is 0 Å². The Kier molecular flexibility index (Phi) is 7.53. The molecule has 0 fully saturated rings. The van der Waals surface area contributed by atoms with Gasteiger partial charge in [-0.1, -0.05) is 152 Å². The molecule has 262 valence electrons. The minimum atomic E-state index is 0.890. The van der Waals surface area contributed by atoms with Crippen LogP contribution in [-0.4, -0.2) is 0 Å². The highest BCUT2D eigenvalue weighted by Crippen LogP contribution is 2.43. The zero-order valence-electron chi connectivity index (χ0n) is 30.6. The first-order chi connectivity index (χ1) is 27.7. The van der Waals surface area contributed by atoms with Gasteiger partial charge in [-0.05, 0) is 126 Å². The molecule has 0 aliphatic carbocycles. The predicted octanol–water partition coefficient (Wildman–Crippen LogP) is 15.5. The SMILES string of the molecule is c1ccc(-c2ccc(N(c3cccc(-c4ccc5oc6ccc(-c7ccccc7)cc6c5c4)c3)c3ccc4c5ccccc5c5ccccc5c4c3)cc2)cc1. The third kappa shape index (κ3) is 5.42. The summed E-state index contributed by atoms with van der Waals surface area (Å²) in [5.41, 5.74) is 12.1. The van der Waals surface area contributed by atoms with Crippen molar-refractivity contribution in [3.63, 3.8) is 0 Å². The van der Waals surface area contributed by atoms with Crippen molar-refractivity contribution in [3.8, 4) is 33.4 Å². The molecule has 0 bridgehead atoms. The number of hydrogen-bond acceptors (Lipinski definition) is 2. The molecule has 0 N–H and O–H groups in total. The van der Waals surface area contributed by atoms with Crippen molar-refractivity contribution >= 4 is 71.3 Å². The number of fused-ring (bicyclic) bond motifs is 9. The van der Waals surface area contributed by atoms with Crippen LogP contribution in [0.2, 0.25) is 0 Å². The summed E-state index contributed by atoms with van der Waals surface area (Å²) in [6, 6.07) is 76.5. The summed E-state index contributed by atoms with van der Waals surface area (Å²) in [5, 5.41) is 9.81. The molecule has 0 aliphatic heterocycles. The van der Waals surface area contributed by atoms with E-state index >= 15 is 0 Å². The van der Waals surface area contributed by atoms with Crippen LogP contribution in [0, 0.1) is 0 Å². The number of anilines is 3. The van der Waals surface area contributed by atoms with Gasteiger partial charge in [0, 0.05) is 27.8 Å². The van der Waals surface area contributed by atoms with Gasteiger partial charge in [0.15, 0.2) is 0 Å². The number of benzene rings is 10. The summed E-state index contributed by atoms with van der Waals surface area (Å²) in [4.78, 5) is 2.39. The van der Waals surface area contributed by atoms with Crippen LogP contribution in [-0.2, 0) is 0 Å². The van der Waals surface area contributed by atoms with Crippen LogP contribution >= 0.6 is 0 Å². The van der Waals surface area contributed by atoms with Crippen LogP contribution in [0.25, 0.3) is 87.6 Å². The highest BCUT2D eigenvalue weighted by Gasteiger charge is 2.17. The first-order valence-electron chi connectivity index (χ1n) is 19.2. The lowest BCUT2D eigenvalue weighted by atomic mass is 9.94. The first-order valence-corrected chi connectivity index (χ1v) is 19.2. The van der Waals surface area contributed by atoms with Gasteiger partial charge < -0.3 is 9.32 Å². The Morgan fingerprint density at radius 3 is 1.25 bits per heavy atom. The number of nitrogens with zero attached hydrogens (tertiary/aromatic N) is 1. The molecule has 0 atom stereocenters. The topological polar surface area (TPSA) is 16.4 Å². The molecule has 0 saturated heterocycles. The highest BCUT2D eigenvalue weighted by molar-refractivity contribution is 6.25.